The number of unbranched alkanes of at least 4 members (excludes halogenated alkanes) is 1. The van der Waals surface area contributed by atoms with Crippen LogP contribution in [-0.2, 0) is 0 Å². The number of rotatable bonds is 5. The Balaban J connectivity index is 2.29. The minimum Gasteiger partial charge on any atom is -0.351 e. The van der Waals surface area contributed by atoms with E-state index in [1.165, 1.54) is 16.2 Å². The zero-order chi connectivity index (χ0) is 10.4. The molecule has 0 spiro atoms. The molecule has 1 heterocycles. The fraction of sp³-hybridized carbons (Fsp3) is 0.500. The van der Waals surface area contributed by atoms with Crippen molar-refractivity contribution in [2.45, 2.75) is 19.8 Å². The van der Waals surface area contributed by atoms with Gasteiger partial charge in [-0.3, -0.25) is 4.79 Å². The molecule has 0 aromatic carbocycles. The molecule has 4 heteroatoms. The first-order chi connectivity index (χ1) is 6.74. The summed E-state index contributed by atoms with van der Waals surface area (Å²) in [6.07, 6.45) is 2.13. The van der Waals surface area contributed by atoms with E-state index in [0.717, 1.165) is 29.6 Å². The van der Waals surface area contributed by atoms with Crippen molar-refractivity contribution >= 4 is 33.2 Å². The number of carbonyl (C=O) groups is 1. The molecule has 1 rings (SSSR count). The lowest BCUT2D eigenvalue weighted by atomic mass is 10.3. The normalized spacial score (nSPS) is 10.1. The molecule has 0 unspecified atom stereocenters. The predicted molar refractivity (Wildman–Crippen MR) is 64.4 cm³/mol. The molecule has 78 valence electrons. The molecule has 1 amide bonds. The lowest BCUT2D eigenvalue weighted by Gasteiger charge is -2.01. The Kier molecular flexibility index (Phi) is 5.19. The lowest BCUT2D eigenvalue weighted by Crippen LogP contribution is -2.23. The average molecular weight is 276 g/mol. The molecule has 0 atom stereocenters. The summed E-state index contributed by atoms with van der Waals surface area (Å²) in [6.45, 7) is 2.77. The largest absolute Gasteiger partial charge is 0.351 e. The van der Waals surface area contributed by atoms with Gasteiger partial charge >= 0.3 is 0 Å². The first-order valence-electron chi connectivity index (χ1n) is 4.64. The van der Waals surface area contributed by atoms with E-state index < -0.39 is 0 Å². The van der Waals surface area contributed by atoms with Gasteiger partial charge in [0.15, 0.2) is 0 Å². The van der Waals surface area contributed by atoms with Gasteiger partial charge in [-0.1, -0.05) is 15.9 Å². The van der Waals surface area contributed by atoms with E-state index in [9.17, 15) is 4.79 Å². The first kappa shape index (κ1) is 11.7. The van der Waals surface area contributed by atoms with Crippen LogP contribution in [0.4, 0.5) is 0 Å². The summed E-state index contributed by atoms with van der Waals surface area (Å²) in [5, 5.41) is 3.90. The van der Waals surface area contributed by atoms with Crippen LogP contribution in [0.2, 0.25) is 0 Å². The van der Waals surface area contributed by atoms with Gasteiger partial charge in [-0.2, -0.15) is 0 Å². The van der Waals surface area contributed by atoms with Gasteiger partial charge in [0.2, 0.25) is 0 Å². The number of hydrogen-bond acceptors (Lipinski definition) is 2. The number of hydrogen-bond donors (Lipinski definition) is 1. The Hall–Kier alpha value is -0.350. The Bertz CT molecular complexity index is 298. The summed E-state index contributed by atoms with van der Waals surface area (Å²) in [5.74, 6) is 0.0534. The van der Waals surface area contributed by atoms with Crippen molar-refractivity contribution < 1.29 is 4.79 Å². The molecular weight excluding hydrogens is 262 g/mol. The highest BCUT2D eigenvalue weighted by atomic mass is 79.9. The number of thiophene rings is 1. The van der Waals surface area contributed by atoms with Crippen molar-refractivity contribution in [3.05, 3.63) is 21.9 Å². The lowest BCUT2D eigenvalue weighted by molar-refractivity contribution is 0.0957. The topological polar surface area (TPSA) is 29.1 Å². The Morgan fingerprint density at radius 2 is 2.29 bits per heavy atom. The van der Waals surface area contributed by atoms with Crippen LogP contribution in [0.1, 0.15) is 27.4 Å². The molecule has 1 N–H and O–H groups in total. The van der Waals surface area contributed by atoms with E-state index in [2.05, 4.69) is 21.2 Å². The zero-order valence-corrected chi connectivity index (χ0v) is 10.6. The first-order valence-corrected chi connectivity index (χ1v) is 6.58. The summed E-state index contributed by atoms with van der Waals surface area (Å²) in [4.78, 5) is 13.5. The smallest absolute Gasteiger partial charge is 0.261 e. The van der Waals surface area contributed by atoms with E-state index in [1.54, 1.807) is 0 Å². The van der Waals surface area contributed by atoms with Crippen LogP contribution in [0.5, 0.6) is 0 Å². The fourth-order valence-corrected chi connectivity index (χ4v) is 2.25. The molecule has 2 nitrogen and oxygen atoms in total. The quantitative estimate of drug-likeness (QED) is 0.650. The molecule has 0 aliphatic heterocycles. The average Bonchev–Trinajstić information content (AvgIpc) is 2.59. The number of amides is 1. The SMILES string of the molecule is Cc1ccc(C(=O)NCCCCBr)s1. The van der Waals surface area contributed by atoms with Crippen molar-refractivity contribution in [2.75, 3.05) is 11.9 Å². The molecular formula is C10H14BrNOS. The van der Waals surface area contributed by atoms with Gasteiger partial charge in [0.1, 0.15) is 0 Å². The molecule has 14 heavy (non-hydrogen) atoms. The van der Waals surface area contributed by atoms with E-state index in [1.807, 2.05) is 19.1 Å². The van der Waals surface area contributed by atoms with E-state index in [0.29, 0.717) is 0 Å². The van der Waals surface area contributed by atoms with E-state index >= 15 is 0 Å². The molecule has 1 aromatic heterocycles. The highest BCUT2D eigenvalue weighted by Gasteiger charge is 2.05. The van der Waals surface area contributed by atoms with Gasteiger partial charge in [-0.05, 0) is 31.9 Å². The second-order valence-electron chi connectivity index (χ2n) is 3.06. The third kappa shape index (κ3) is 3.80. The highest BCUT2D eigenvalue weighted by Crippen LogP contribution is 2.14. The maximum atomic E-state index is 11.5. The zero-order valence-electron chi connectivity index (χ0n) is 8.18. The fourth-order valence-electron chi connectivity index (χ4n) is 1.07. The highest BCUT2D eigenvalue weighted by molar-refractivity contribution is 9.09. The summed E-state index contributed by atoms with van der Waals surface area (Å²) in [7, 11) is 0. The van der Waals surface area contributed by atoms with Gasteiger partial charge < -0.3 is 5.32 Å². The minimum atomic E-state index is 0.0534. The van der Waals surface area contributed by atoms with Gasteiger partial charge in [0, 0.05) is 16.8 Å². The number of carbonyl (C=O) groups excluding carboxylic acids is 1. The molecule has 0 fully saturated rings. The molecule has 0 saturated carbocycles. The summed E-state index contributed by atoms with van der Waals surface area (Å²) in [6, 6.07) is 3.85. The number of nitrogens with one attached hydrogen (secondary N) is 1. The van der Waals surface area contributed by atoms with Crippen molar-refractivity contribution in [3.8, 4) is 0 Å². The second-order valence-corrected chi connectivity index (χ2v) is 5.14. The number of alkyl halides is 1. The number of halogens is 1. The third-order valence-corrected chi connectivity index (χ3v) is 3.37. The van der Waals surface area contributed by atoms with Crippen LogP contribution in [-0.4, -0.2) is 17.8 Å². The Morgan fingerprint density at radius 3 is 2.86 bits per heavy atom. The van der Waals surface area contributed by atoms with Crippen LogP contribution in [0.15, 0.2) is 12.1 Å². The molecule has 0 saturated heterocycles. The van der Waals surface area contributed by atoms with Gasteiger partial charge in [0.25, 0.3) is 5.91 Å². The van der Waals surface area contributed by atoms with Crippen molar-refractivity contribution in [1.29, 1.82) is 0 Å². The Labute approximate surface area is 96.8 Å². The molecule has 0 radical (unpaired) electrons. The summed E-state index contributed by atoms with van der Waals surface area (Å²) < 4.78 is 0. The van der Waals surface area contributed by atoms with Gasteiger partial charge in [0.05, 0.1) is 4.88 Å². The minimum absolute atomic E-state index is 0.0534. The van der Waals surface area contributed by atoms with Crippen LogP contribution < -0.4 is 5.32 Å². The maximum Gasteiger partial charge on any atom is 0.261 e. The third-order valence-electron chi connectivity index (χ3n) is 1.81. The van der Waals surface area contributed by atoms with Crippen molar-refractivity contribution in [3.63, 3.8) is 0 Å². The number of aryl methyl sites for hydroxylation is 1. The van der Waals surface area contributed by atoms with E-state index in [4.69, 9.17) is 0 Å². The molecule has 0 aliphatic carbocycles. The van der Waals surface area contributed by atoms with Crippen molar-refractivity contribution in [2.24, 2.45) is 0 Å². The summed E-state index contributed by atoms with van der Waals surface area (Å²) >= 11 is 4.89. The second kappa shape index (κ2) is 6.19. The molecule has 0 aliphatic rings. The van der Waals surface area contributed by atoms with Crippen molar-refractivity contribution in [1.82, 2.24) is 5.32 Å². The standard InChI is InChI=1S/C10H14BrNOS/c1-8-4-5-9(14-8)10(13)12-7-3-2-6-11/h4-5H,2-3,6-7H2,1H3,(H,12,13). The van der Waals surface area contributed by atoms with Gasteiger partial charge in [-0.25, -0.2) is 0 Å². The maximum absolute atomic E-state index is 11.5. The van der Waals surface area contributed by atoms with Crippen LogP contribution >= 0.6 is 27.3 Å². The van der Waals surface area contributed by atoms with Crippen LogP contribution in [0, 0.1) is 6.92 Å². The van der Waals surface area contributed by atoms with E-state index in [-0.39, 0.29) is 5.91 Å². The van der Waals surface area contributed by atoms with Crippen LogP contribution in [0.25, 0.3) is 0 Å². The monoisotopic (exact) mass is 275 g/mol. The molecule has 1 aromatic rings. The Morgan fingerprint density at radius 1 is 1.50 bits per heavy atom. The molecule has 0 bridgehead atoms. The van der Waals surface area contributed by atoms with Crippen LogP contribution in [0.3, 0.4) is 0 Å². The predicted octanol–water partition coefficient (Wildman–Crippen LogP) is 2.96. The summed E-state index contributed by atoms with van der Waals surface area (Å²) in [5.41, 5.74) is 0. The van der Waals surface area contributed by atoms with Gasteiger partial charge in [-0.15, -0.1) is 11.3 Å².